The molecule has 2 heterocycles. The van der Waals surface area contributed by atoms with E-state index in [2.05, 4.69) is 78.4 Å². The quantitative estimate of drug-likeness (QED) is 0.337. The maximum Gasteiger partial charge on any atom is 0.122 e. The van der Waals surface area contributed by atoms with Gasteiger partial charge in [0.15, 0.2) is 0 Å². The molecular formula is C24H26N2OS. The van der Waals surface area contributed by atoms with Gasteiger partial charge in [-0.05, 0) is 61.9 Å². The van der Waals surface area contributed by atoms with Crippen LogP contribution < -0.4 is 4.74 Å². The van der Waals surface area contributed by atoms with E-state index in [9.17, 15) is 0 Å². The van der Waals surface area contributed by atoms with Crippen LogP contribution in [0.5, 0.6) is 5.75 Å². The molecule has 144 valence electrons. The highest BCUT2D eigenvalue weighted by Gasteiger charge is 2.11. The fourth-order valence-corrected chi connectivity index (χ4v) is 4.30. The number of hydrogen-bond donors (Lipinski definition) is 0. The molecule has 0 aliphatic rings. The van der Waals surface area contributed by atoms with Crippen molar-refractivity contribution in [1.29, 1.82) is 0 Å². The van der Waals surface area contributed by atoms with Crippen LogP contribution in [0.1, 0.15) is 34.7 Å². The molecule has 0 saturated heterocycles. The minimum absolute atomic E-state index is 0.747. The second kappa shape index (κ2) is 8.61. The van der Waals surface area contributed by atoms with E-state index in [0.717, 1.165) is 49.5 Å². The summed E-state index contributed by atoms with van der Waals surface area (Å²) in [5.74, 6) is 2.15. The normalized spacial score (nSPS) is 11.2. The van der Waals surface area contributed by atoms with Gasteiger partial charge in [-0.25, -0.2) is 4.98 Å². The molecule has 0 atom stereocenters. The number of benzene rings is 2. The number of ether oxygens (including phenoxy) is 1. The third kappa shape index (κ3) is 4.28. The molecule has 3 nitrogen and oxygen atoms in total. The molecule has 0 amide bonds. The summed E-state index contributed by atoms with van der Waals surface area (Å²) in [6.45, 7) is 5.94. The number of para-hydroxylation sites is 2. The molecule has 4 rings (SSSR count). The zero-order valence-electron chi connectivity index (χ0n) is 16.5. The van der Waals surface area contributed by atoms with E-state index in [1.54, 1.807) is 11.3 Å². The van der Waals surface area contributed by atoms with Crippen LogP contribution in [0.3, 0.4) is 0 Å². The molecule has 28 heavy (non-hydrogen) atoms. The van der Waals surface area contributed by atoms with E-state index < -0.39 is 0 Å². The largest absolute Gasteiger partial charge is 0.493 e. The van der Waals surface area contributed by atoms with Crippen molar-refractivity contribution < 1.29 is 4.74 Å². The van der Waals surface area contributed by atoms with Gasteiger partial charge in [-0.15, -0.1) is 11.3 Å². The minimum atomic E-state index is 0.747. The van der Waals surface area contributed by atoms with E-state index in [0.29, 0.717) is 0 Å². The Morgan fingerprint density at radius 2 is 1.89 bits per heavy atom. The third-order valence-electron chi connectivity index (χ3n) is 5.01. The summed E-state index contributed by atoms with van der Waals surface area (Å²) in [6.07, 6.45) is 2.99. The zero-order chi connectivity index (χ0) is 19.3. The smallest absolute Gasteiger partial charge is 0.122 e. The van der Waals surface area contributed by atoms with Crippen molar-refractivity contribution in [2.24, 2.45) is 0 Å². The van der Waals surface area contributed by atoms with Gasteiger partial charge < -0.3 is 9.30 Å². The summed E-state index contributed by atoms with van der Waals surface area (Å²) in [6, 6.07) is 19.1. The Kier molecular flexibility index (Phi) is 5.77. The number of hydrogen-bond acceptors (Lipinski definition) is 3. The first-order valence-corrected chi connectivity index (χ1v) is 10.8. The van der Waals surface area contributed by atoms with Crippen LogP contribution in [0.25, 0.3) is 11.0 Å². The number of unbranched alkanes of at least 4 members (excludes halogenated alkanes) is 1. The highest BCUT2D eigenvalue weighted by Crippen LogP contribution is 2.22. The van der Waals surface area contributed by atoms with Crippen molar-refractivity contribution in [3.63, 3.8) is 0 Å². The lowest BCUT2D eigenvalue weighted by molar-refractivity contribution is 0.301. The SMILES string of the molecule is Cc1ccc(OCCCCn2c(Cc3cccs3)nc3ccccc32)c(C)c1. The van der Waals surface area contributed by atoms with Gasteiger partial charge in [0.05, 0.1) is 17.6 Å². The summed E-state index contributed by atoms with van der Waals surface area (Å²) in [5.41, 5.74) is 4.79. The predicted molar refractivity (Wildman–Crippen MR) is 118 cm³/mol. The van der Waals surface area contributed by atoms with Crippen LogP contribution >= 0.6 is 11.3 Å². The first-order chi connectivity index (χ1) is 13.7. The van der Waals surface area contributed by atoms with E-state index in [-0.39, 0.29) is 0 Å². The Labute approximate surface area is 170 Å². The number of nitrogens with zero attached hydrogens (tertiary/aromatic N) is 2. The Balaban J connectivity index is 1.39. The molecule has 0 unspecified atom stereocenters. The second-order valence-corrected chi connectivity index (χ2v) is 8.28. The Hall–Kier alpha value is -2.59. The number of aryl methyl sites for hydroxylation is 3. The van der Waals surface area contributed by atoms with Crippen molar-refractivity contribution in [1.82, 2.24) is 9.55 Å². The molecule has 0 radical (unpaired) electrons. The molecule has 0 spiro atoms. The Morgan fingerprint density at radius 3 is 2.71 bits per heavy atom. The molecule has 0 aliphatic heterocycles. The summed E-state index contributed by atoms with van der Waals surface area (Å²) < 4.78 is 8.37. The molecule has 4 aromatic rings. The lowest BCUT2D eigenvalue weighted by Crippen LogP contribution is -2.06. The standard InChI is InChI=1S/C24H26N2OS/c1-18-11-12-23(19(2)16-18)27-14-6-5-13-26-22-10-4-3-9-21(22)25-24(26)17-20-8-7-15-28-20/h3-4,7-12,15-16H,5-6,13-14,17H2,1-2H3. The first kappa shape index (κ1) is 18.8. The molecule has 2 aromatic carbocycles. The summed E-state index contributed by atoms with van der Waals surface area (Å²) >= 11 is 1.79. The predicted octanol–water partition coefficient (Wildman–Crippen LogP) is 6.16. The van der Waals surface area contributed by atoms with Crippen molar-refractivity contribution >= 4 is 22.4 Å². The molecule has 0 saturated carbocycles. The number of aromatic nitrogens is 2. The fourth-order valence-electron chi connectivity index (χ4n) is 3.59. The maximum atomic E-state index is 5.99. The molecule has 0 fully saturated rings. The highest BCUT2D eigenvalue weighted by molar-refractivity contribution is 7.09. The Bertz CT molecular complexity index is 1050. The van der Waals surface area contributed by atoms with Gasteiger partial charge in [-0.3, -0.25) is 0 Å². The molecule has 4 heteroatoms. The summed E-state index contributed by atoms with van der Waals surface area (Å²) in [4.78, 5) is 6.25. The number of imidazole rings is 1. The van der Waals surface area contributed by atoms with Gasteiger partial charge in [0, 0.05) is 17.8 Å². The van der Waals surface area contributed by atoms with E-state index in [1.165, 1.54) is 21.5 Å². The van der Waals surface area contributed by atoms with Crippen molar-refractivity contribution in [2.75, 3.05) is 6.61 Å². The van der Waals surface area contributed by atoms with Crippen LogP contribution in [0, 0.1) is 13.8 Å². The van der Waals surface area contributed by atoms with Crippen molar-refractivity contribution in [3.8, 4) is 5.75 Å². The van der Waals surface area contributed by atoms with Gasteiger partial charge in [0.1, 0.15) is 11.6 Å². The fraction of sp³-hybridized carbons (Fsp3) is 0.292. The van der Waals surface area contributed by atoms with E-state index >= 15 is 0 Å². The molecule has 0 N–H and O–H groups in total. The molecule has 2 aromatic heterocycles. The van der Waals surface area contributed by atoms with Crippen LogP contribution in [0.4, 0.5) is 0 Å². The summed E-state index contributed by atoms with van der Waals surface area (Å²) in [5, 5.41) is 2.13. The van der Waals surface area contributed by atoms with Gasteiger partial charge in [0.25, 0.3) is 0 Å². The van der Waals surface area contributed by atoms with Gasteiger partial charge in [0.2, 0.25) is 0 Å². The number of thiophene rings is 1. The van der Waals surface area contributed by atoms with E-state index in [4.69, 9.17) is 9.72 Å². The first-order valence-electron chi connectivity index (χ1n) is 9.87. The summed E-state index contributed by atoms with van der Waals surface area (Å²) in [7, 11) is 0. The van der Waals surface area contributed by atoms with E-state index in [1.807, 2.05) is 0 Å². The second-order valence-electron chi connectivity index (χ2n) is 7.25. The number of rotatable bonds is 8. The lowest BCUT2D eigenvalue weighted by Gasteiger charge is -2.11. The lowest BCUT2D eigenvalue weighted by atomic mass is 10.1. The molecule has 0 bridgehead atoms. The minimum Gasteiger partial charge on any atom is -0.493 e. The highest BCUT2D eigenvalue weighted by atomic mass is 32.1. The van der Waals surface area contributed by atoms with Crippen LogP contribution in [-0.4, -0.2) is 16.2 Å². The average Bonchev–Trinajstić information content (AvgIpc) is 3.31. The van der Waals surface area contributed by atoms with Crippen LogP contribution in [-0.2, 0) is 13.0 Å². The topological polar surface area (TPSA) is 27.1 Å². The van der Waals surface area contributed by atoms with Gasteiger partial charge in [-0.2, -0.15) is 0 Å². The van der Waals surface area contributed by atoms with Crippen molar-refractivity contribution in [3.05, 3.63) is 81.8 Å². The third-order valence-corrected chi connectivity index (χ3v) is 5.89. The monoisotopic (exact) mass is 390 g/mol. The maximum absolute atomic E-state index is 5.99. The average molecular weight is 391 g/mol. The van der Waals surface area contributed by atoms with Crippen LogP contribution in [0.15, 0.2) is 60.0 Å². The molecule has 0 aliphatic carbocycles. The van der Waals surface area contributed by atoms with Gasteiger partial charge in [-0.1, -0.05) is 35.9 Å². The molecular weight excluding hydrogens is 364 g/mol. The van der Waals surface area contributed by atoms with Gasteiger partial charge >= 0.3 is 0 Å². The number of fused-ring (bicyclic) bond motifs is 1. The van der Waals surface area contributed by atoms with Crippen LogP contribution in [0.2, 0.25) is 0 Å². The van der Waals surface area contributed by atoms with Crippen molar-refractivity contribution in [2.45, 2.75) is 39.7 Å². The Morgan fingerprint density at radius 1 is 1.00 bits per heavy atom. The zero-order valence-corrected chi connectivity index (χ0v) is 17.3.